The molecule has 0 aromatic heterocycles. The van der Waals surface area contributed by atoms with E-state index >= 15 is 0 Å². The maximum Gasteiger partial charge on any atom is 0.469 e. The summed E-state index contributed by atoms with van der Waals surface area (Å²) in [5, 5.41) is 0. The Morgan fingerprint density at radius 1 is 1.08 bits per heavy atom. The lowest BCUT2D eigenvalue weighted by Gasteiger charge is -2.25. The highest BCUT2D eigenvalue weighted by molar-refractivity contribution is 7.46. The third kappa shape index (κ3) is 16.5. The molecule has 0 radical (unpaired) electrons. The molecule has 0 fully saturated rings. The van der Waals surface area contributed by atoms with Crippen molar-refractivity contribution in [2.45, 2.75) is 58.0 Å². The number of unbranched alkanes of at least 4 members (excludes halogenated alkanes) is 3. The summed E-state index contributed by atoms with van der Waals surface area (Å²) in [6.07, 6.45) is 5.07. The molecule has 0 rings (SSSR count). The van der Waals surface area contributed by atoms with Gasteiger partial charge in [-0.05, 0) is 32.6 Å². The maximum atomic E-state index is 11.2. The van der Waals surface area contributed by atoms with Gasteiger partial charge in [0.05, 0.1) is 40.4 Å². The summed E-state index contributed by atoms with van der Waals surface area (Å²) in [6, 6.07) is 0. The van der Waals surface area contributed by atoms with Crippen molar-refractivity contribution < 1.29 is 32.9 Å². The van der Waals surface area contributed by atoms with Gasteiger partial charge in [-0.1, -0.05) is 25.8 Å². The van der Waals surface area contributed by atoms with Crippen LogP contribution in [-0.2, 0) is 18.6 Å². The van der Waals surface area contributed by atoms with Crippen molar-refractivity contribution in [1.82, 2.24) is 0 Å². The van der Waals surface area contributed by atoms with Crippen LogP contribution in [0.25, 0.3) is 0 Å². The summed E-state index contributed by atoms with van der Waals surface area (Å²) < 4.78 is 21.9. The number of carbonyl (C=O) groups is 1. The van der Waals surface area contributed by atoms with Gasteiger partial charge < -0.3 is 19.0 Å². The van der Waals surface area contributed by atoms with Crippen LogP contribution in [0.5, 0.6) is 0 Å². The molecule has 0 spiro atoms. The number of phosphoric ester groups is 1. The normalized spacial score (nSPS) is 13.5. The summed E-state index contributed by atoms with van der Waals surface area (Å²) in [5.74, 6) is -0.368. The number of nitrogens with zero attached hydrogens (tertiary/aromatic N) is 1. The van der Waals surface area contributed by atoms with Gasteiger partial charge in [-0.2, -0.15) is 0 Å². The number of esters is 1. The second-order valence-electron chi connectivity index (χ2n) is 7.49. The van der Waals surface area contributed by atoms with Crippen LogP contribution in [0.15, 0.2) is 12.2 Å². The van der Waals surface area contributed by atoms with Crippen LogP contribution in [0, 0.1) is 0 Å². The average Bonchev–Trinajstić information content (AvgIpc) is 2.42. The standard InChI is InChI=1S/C17H34NO6P/c1-15(2)17(19)23-14-9-7-6-8-11-16(24-25(20,21)22)12-10-13-18(3,4)5/h16H,1,6-14H2,2-5H3,(H-,20,21,22)/p+1. The van der Waals surface area contributed by atoms with Crippen molar-refractivity contribution in [2.24, 2.45) is 0 Å². The molecule has 148 valence electrons. The quantitative estimate of drug-likeness (QED) is 0.158. The van der Waals surface area contributed by atoms with E-state index in [1.807, 2.05) is 0 Å². The van der Waals surface area contributed by atoms with Gasteiger partial charge in [-0.15, -0.1) is 0 Å². The van der Waals surface area contributed by atoms with E-state index in [-0.39, 0.29) is 5.97 Å². The van der Waals surface area contributed by atoms with Gasteiger partial charge >= 0.3 is 13.8 Å². The van der Waals surface area contributed by atoms with Gasteiger partial charge in [-0.3, -0.25) is 4.52 Å². The van der Waals surface area contributed by atoms with Gasteiger partial charge in [0.2, 0.25) is 0 Å². The van der Waals surface area contributed by atoms with Crippen LogP contribution in [-0.4, -0.2) is 60.6 Å². The number of hydrogen-bond donors (Lipinski definition) is 2. The van der Waals surface area contributed by atoms with E-state index in [9.17, 15) is 9.36 Å². The lowest BCUT2D eigenvalue weighted by Crippen LogP contribution is -2.35. The monoisotopic (exact) mass is 380 g/mol. The largest absolute Gasteiger partial charge is 0.469 e. The van der Waals surface area contributed by atoms with Crippen molar-refractivity contribution >= 4 is 13.8 Å². The molecular formula is C17H35NO6P+. The summed E-state index contributed by atoms with van der Waals surface area (Å²) in [4.78, 5) is 29.3. The fraction of sp³-hybridized carbons (Fsp3) is 0.824. The molecule has 1 unspecified atom stereocenters. The Morgan fingerprint density at radius 2 is 1.64 bits per heavy atom. The number of hydrogen-bond acceptors (Lipinski definition) is 4. The predicted molar refractivity (Wildman–Crippen MR) is 97.9 cm³/mol. The first-order chi connectivity index (χ1) is 11.4. The van der Waals surface area contributed by atoms with E-state index in [0.717, 1.165) is 43.1 Å². The highest BCUT2D eigenvalue weighted by atomic mass is 31.2. The van der Waals surface area contributed by atoms with Crippen molar-refractivity contribution in [3.8, 4) is 0 Å². The SMILES string of the molecule is C=C(C)C(=O)OCCCCCCC(CCC[N+](C)(C)C)OP(=O)(O)O. The molecule has 1 atom stereocenters. The number of quaternary nitrogens is 1. The molecule has 0 saturated heterocycles. The van der Waals surface area contributed by atoms with E-state index in [0.29, 0.717) is 25.0 Å². The molecule has 0 saturated carbocycles. The van der Waals surface area contributed by atoms with Crippen molar-refractivity contribution in [3.05, 3.63) is 12.2 Å². The molecule has 0 heterocycles. The second-order valence-corrected chi connectivity index (χ2v) is 8.69. The molecule has 8 heteroatoms. The van der Waals surface area contributed by atoms with Crippen molar-refractivity contribution in [2.75, 3.05) is 34.3 Å². The Labute approximate surface area is 151 Å². The topological polar surface area (TPSA) is 93.1 Å². The summed E-state index contributed by atoms with van der Waals surface area (Å²) >= 11 is 0. The van der Waals surface area contributed by atoms with Crippen molar-refractivity contribution in [3.63, 3.8) is 0 Å². The number of rotatable bonds is 14. The number of ether oxygens (including phenoxy) is 1. The van der Waals surface area contributed by atoms with Crippen LogP contribution in [0.3, 0.4) is 0 Å². The minimum atomic E-state index is -4.46. The third-order valence-corrected chi connectivity index (χ3v) is 4.22. The van der Waals surface area contributed by atoms with Gasteiger partial charge in [-0.25, -0.2) is 9.36 Å². The third-order valence-electron chi connectivity index (χ3n) is 3.64. The first kappa shape index (κ1) is 24.3. The maximum absolute atomic E-state index is 11.2. The summed E-state index contributed by atoms with van der Waals surface area (Å²) in [6.45, 7) is 6.43. The first-order valence-electron chi connectivity index (χ1n) is 8.78. The van der Waals surface area contributed by atoms with Crippen LogP contribution < -0.4 is 0 Å². The Hall–Kier alpha value is -0.720. The van der Waals surface area contributed by atoms with E-state index in [2.05, 4.69) is 27.7 Å². The molecule has 0 bridgehead atoms. The minimum absolute atomic E-state index is 0.368. The molecule has 25 heavy (non-hydrogen) atoms. The summed E-state index contributed by atoms with van der Waals surface area (Å²) in [7, 11) is 1.79. The Kier molecular flexibility index (Phi) is 11.5. The molecule has 0 aromatic rings. The van der Waals surface area contributed by atoms with Crippen LogP contribution in [0.1, 0.15) is 51.9 Å². The average molecular weight is 380 g/mol. The van der Waals surface area contributed by atoms with E-state index in [1.54, 1.807) is 6.92 Å². The Bertz CT molecular complexity index is 455. The zero-order chi connectivity index (χ0) is 19.5. The van der Waals surface area contributed by atoms with Gasteiger partial charge in [0.25, 0.3) is 0 Å². The first-order valence-corrected chi connectivity index (χ1v) is 10.3. The molecular weight excluding hydrogens is 345 g/mol. The van der Waals surface area contributed by atoms with Gasteiger partial charge in [0.15, 0.2) is 0 Å². The highest BCUT2D eigenvalue weighted by Gasteiger charge is 2.22. The molecule has 7 nitrogen and oxygen atoms in total. The lowest BCUT2D eigenvalue weighted by atomic mass is 10.1. The molecule has 0 aliphatic rings. The zero-order valence-electron chi connectivity index (χ0n) is 16.1. The van der Waals surface area contributed by atoms with E-state index in [1.165, 1.54) is 0 Å². The Balaban J connectivity index is 3.99. The second kappa shape index (κ2) is 11.8. The van der Waals surface area contributed by atoms with E-state index < -0.39 is 13.9 Å². The Morgan fingerprint density at radius 3 is 2.16 bits per heavy atom. The molecule has 0 aliphatic heterocycles. The minimum Gasteiger partial charge on any atom is -0.462 e. The molecule has 0 aliphatic carbocycles. The fourth-order valence-electron chi connectivity index (χ4n) is 2.35. The lowest BCUT2D eigenvalue weighted by molar-refractivity contribution is -0.870. The number of carbonyl (C=O) groups excluding carboxylic acids is 1. The predicted octanol–water partition coefficient (Wildman–Crippen LogP) is 3.02. The molecule has 2 N–H and O–H groups in total. The van der Waals surface area contributed by atoms with Crippen LogP contribution >= 0.6 is 7.82 Å². The number of phosphoric acid groups is 1. The fourth-order valence-corrected chi connectivity index (χ4v) is 2.95. The van der Waals surface area contributed by atoms with Gasteiger partial charge in [0, 0.05) is 5.57 Å². The van der Waals surface area contributed by atoms with E-state index in [4.69, 9.17) is 19.0 Å². The highest BCUT2D eigenvalue weighted by Crippen LogP contribution is 2.39. The summed E-state index contributed by atoms with van der Waals surface area (Å²) in [5.41, 5.74) is 0.395. The molecule has 0 aromatic carbocycles. The van der Waals surface area contributed by atoms with Gasteiger partial charge in [0.1, 0.15) is 0 Å². The smallest absolute Gasteiger partial charge is 0.462 e. The molecule has 0 amide bonds. The van der Waals surface area contributed by atoms with Crippen LogP contribution in [0.4, 0.5) is 0 Å². The zero-order valence-corrected chi connectivity index (χ0v) is 17.0. The van der Waals surface area contributed by atoms with Crippen molar-refractivity contribution in [1.29, 1.82) is 0 Å². The van der Waals surface area contributed by atoms with Crippen LogP contribution in [0.2, 0.25) is 0 Å².